The highest BCUT2D eigenvalue weighted by Crippen LogP contribution is 2.28. The van der Waals surface area contributed by atoms with Gasteiger partial charge in [0.1, 0.15) is 19.2 Å². The topological polar surface area (TPSA) is 97.5 Å². The van der Waals surface area contributed by atoms with Crippen LogP contribution in [0.1, 0.15) is 6.42 Å². The maximum Gasteiger partial charge on any atom is 0.345 e. The Bertz CT molecular complexity index is 436. The van der Waals surface area contributed by atoms with Gasteiger partial charge in [-0.1, -0.05) is 11.2 Å². The molecule has 0 spiro atoms. The number of oxime groups is 1. The van der Waals surface area contributed by atoms with E-state index in [2.05, 4.69) is 11.7 Å². The van der Waals surface area contributed by atoms with E-state index >= 15 is 0 Å². The van der Waals surface area contributed by atoms with Crippen molar-refractivity contribution in [2.45, 2.75) is 18.5 Å². The van der Waals surface area contributed by atoms with E-state index in [9.17, 15) is 9.59 Å². The third-order valence-corrected chi connectivity index (χ3v) is 3.12. The molecule has 2 fully saturated rings. The van der Waals surface area contributed by atoms with Crippen molar-refractivity contribution in [2.24, 2.45) is 10.9 Å². The van der Waals surface area contributed by atoms with Crippen LogP contribution < -0.4 is 5.73 Å². The van der Waals surface area contributed by atoms with Gasteiger partial charge in [0.25, 0.3) is 0 Å². The van der Waals surface area contributed by atoms with E-state index in [1.165, 1.54) is 23.1 Å². The molecular formula is C11H16N4O4. The van der Waals surface area contributed by atoms with Gasteiger partial charge in [0.15, 0.2) is 0 Å². The Morgan fingerprint density at radius 1 is 1.68 bits per heavy atom. The van der Waals surface area contributed by atoms with Crippen molar-refractivity contribution in [3.63, 3.8) is 0 Å². The van der Waals surface area contributed by atoms with E-state index in [1.807, 2.05) is 0 Å². The third kappa shape index (κ3) is 2.26. The van der Waals surface area contributed by atoms with Crippen LogP contribution in [-0.4, -0.2) is 60.0 Å². The lowest BCUT2D eigenvalue weighted by molar-refractivity contribution is -0.122. The highest BCUT2D eigenvalue weighted by Gasteiger charge is 2.51. The van der Waals surface area contributed by atoms with Crippen molar-refractivity contribution in [2.75, 3.05) is 20.3 Å². The van der Waals surface area contributed by atoms with E-state index in [0.717, 1.165) is 0 Å². The van der Waals surface area contributed by atoms with Crippen LogP contribution in [0.25, 0.3) is 0 Å². The summed E-state index contributed by atoms with van der Waals surface area (Å²) in [5.74, 6) is -0.568. The minimum atomic E-state index is -0.713. The number of nitrogens with zero attached hydrogens (tertiary/aromatic N) is 3. The molecule has 0 saturated carbocycles. The lowest BCUT2D eigenvalue weighted by Gasteiger charge is -2.28. The third-order valence-electron chi connectivity index (χ3n) is 3.12. The number of rotatable bonds is 5. The largest absolute Gasteiger partial charge is 0.399 e. The molecule has 0 aromatic rings. The Kier molecular flexibility index (Phi) is 3.70. The Morgan fingerprint density at radius 2 is 2.42 bits per heavy atom. The number of amides is 3. The van der Waals surface area contributed by atoms with Crippen LogP contribution in [-0.2, 0) is 14.5 Å². The van der Waals surface area contributed by atoms with Crippen molar-refractivity contribution in [1.29, 1.82) is 0 Å². The Morgan fingerprint density at radius 3 is 3.00 bits per heavy atom. The molecule has 2 atom stereocenters. The van der Waals surface area contributed by atoms with Gasteiger partial charge >= 0.3 is 6.03 Å². The molecule has 19 heavy (non-hydrogen) atoms. The first-order chi connectivity index (χ1) is 9.10. The second-order valence-corrected chi connectivity index (χ2v) is 4.25. The maximum absolute atomic E-state index is 12.1. The number of hydrogen-bond acceptors (Lipinski definition) is 5. The second-order valence-electron chi connectivity index (χ2n) is 4.25. The molecule has 0 aromatic carbocycles. The molecule has 0 aromatic heterocycles. The quantitative estimate of drug-likeness (QED) is 0.535. The average Bonchev–Trinajstić information content (AvgIpc) is 2.65. The van der Waals surface area contributed by atoms with Gasteiger partial charge in [-0.05, 0) is 0 Å². The first kappa shape index (κ1) is 13.3. The zero-order valence-electron chi connectivity index (χ0n) is 10.6. The summed E-state index contributed by atoms with van der Waals surface area (Å²) in [4.78, 5) is 35.0. The molecule has 0 radical (unpaired) electrons. The first-order valence-corrected chi connectivity index (χ1v) is 5.83. The van der Waals surface area contributed by atoms with Crippen molar-refractivity contribution in [1.82, 2.24) is 9.96 Å². The smallest absolute Gasteiger partial charge is 0.345 e. The van der Waals surface area contributed by atoms with Gasteiger partial charge in [-0.2, -0.15) is 5.06 Å². The summed E-state index contributed by atoms with van der Waals surface area (Å²) >= 11 is 0. The van der Waals surface area contributed by atoms with Crippen LogP contribution in [0.3, 0.4) is 0 Å². The van der Waals surface area contributed by atoms with Gasteiger partial charge in [-0.15, -0.1) is 6.58 Å². The molecule has 2 heterocycles. The second kappa shape index (κ2) is 5.27. The van der Waals surface area contributed by atoms with E-state index < -0.39 is 18.0 Å². The number of primary amides is 1. The van der Waals surface area contributed by atoms with Crippen LogP contribution in [0, 0.1) is 0 Å². The molecule has 2 bridgehead atoms. The van der Waals surface area contributed by atoms with Crippen molar-refractivity contribution in [3.05, 3.63) is 12.7 Å². The summed E-state index contributed by atoms with van der Waals surface area (Å²) in [6.45, 7) is 4.03. The lowest BCUT2D eigenvalue weighted by Crippen LogP contribution is -2.51. The number of hydroxylamine groups is 2. The molecule has 104 valence electrons. The van der Waals surface area contributed by atoms with E-state index in [4.69, 9.17) is 15.4 Å². The first-order valence-electron chi connectivity index (χ1n) is 5.83. The maximum atomic E-state index is 12.1. The van der Waals surface area contributed by atoms with Gasteiger partial charge in [-0.3, -0.25) is 9.63 Å². The number of piperidine rings is 1. The summed E-state index contributed by atoms with van der Waals surface area (Å²) in [6.07, 6.45) is 1.79. The molecule has 2 rings (SSSR count). The van der Waals surface area contributed by atoms with Gasteiger partial charge in [0, 0.05) is 6.42 Å². The average molecular weight is 268 g/mol. The van der Waals surface area contributed by atoms with E-state index in [0.29, 0.717) is 12.3 Å². The molecule has 0 aliphatic carbocycles. The Balaban J connectivity index is 2.27. The molecule has 2 N–H and O–H groups in total. The van der Waals surface area contributed by atoms with Crippen LogP contribution >= 0.6 is 0 Å². The highest BCUT2D eigenvalue weighted by atomic mass is 16.7. The van der Waals surface area contributed by atoms with Crippen LogP contribution in [0.2, 0.25) is 0 Å². The molecule has 2 aliphatic heterocycles. The van der Waals surface area contributed by atoms with E-state index in [-0.39, 0.29) is 19.1 Å². The van der Waals surface area contributed by atoms with Crippen molar-refractivity contribution >= 4 is 17.6 Å². The fourth-order valence-corrected chi connectivity index (χ4v) is 2.29. The summed E-state index contributed by atoms with van der Waals surface area (Å²) < 4.78 is 0. The van der Waals surface area contributed by atoms with Crippen LogP contribution in [0.15, 0.2) is 17.8 Å². The zero-order valence-corrected chi connectivity index (χ0v) is 10.6. The normalized spacial score (nSPS) is 27.8. The van der Waals surface area contributed by atoms with Gasteiger partial charge in [0.05, 0.1) is 18.9 Å². The number of nitrogens with two attached hydrogens (primary N) is 1. The minimum absolute atomic E-state index is 0.192. The number of carbonyl (C=O) groups excluding carboxylic acids is 2. The van der Waals surface area contributed by atoms with Gasteiger partial charge in [0.2, 0.25) is 5.91 Å². The van der Waals surface area contributed by atoms with Crippen LogP contribution in [0.5, 0.6) is 0 Å². The number of hydrogen-bond donors (Lipinski definition) is 1. The number of fused-ring (bicyclic) bond motifs is 2. The minimum Gasteiger partial charge on any atom is -0.399 e. The molecule has 0 unspecified atom stereocenters. The Labute approximate surface area is 110 Å². The molecule has 2 saturated heterocycles. The summed E-state index contributed by atoms with van der Waals surface area (Å²) in [5, 5.41) is 5.07. The SMILES string of the molecule is C=CCON1C(=O)N2C[C@H]1C(=NOC)C[C@H]2C(N)=O. The molecule has 3 amide bonds. The molecule has 2 aliphatic rings. The monoisotopic (exact) mass is 268 g/mol. The predicted molar refractivity (Wildman–Crippen MR) is 65.9 cm³/mol. The number of urea groups is 1. The van der Waals surface area contributed by atoms with Crippen LogP contribution in [0.4, 0.5) is 4.79 Å². The Hall–Kier alpha value is -2.09. The zero-order chi connectivity index (χ0) is 14.0. The fraction of sp³-hybridized carbons (Fsp3) is 0.545. The number of carbonyl (C=O) groups is 2. The summed E-state index contributed by atoms with van der Waals surface area (Å²) in [6, 6.07) is -1.46. The highest BCUT2D eigenvalue weighted by molar-refractivity contribution is 6.02. The van der Waals surface area contributed by atoms with Gasteiger partial charge in [-0.25, -0.2) is 4.79 Å². The standard InChI is InChI=1S/C11H16N4O4/c1-3-4-19-15-9-6-14(11(15)17)8(10(12)16)5-7(9)13-18-2/h3,8-9H,1,4-6H2,2H3,(H2,12,16)/t8-,9-/m0/s1. The molecule has 8 heteroatoms. The fourth-order valence-electron chi connectivity index (χ4n) is 2.29. The van der Waals surface area contributed by atoms with Crippen molar-refractivity contribution < 1.29 is 19.3 Å². The summed E-state index contributed by atoms with van der Waals surface area (Å²) in [7, 11) is 1.41. The molecule has 8 nitrogen and oxygen atoms in total. The van der Waals surface area contributed by atoms with E-state index in [1.54, 1.807) is 0 Å². The molecular weight excluding hydrogens is 252 g/mol. The van der Waals surface area contributed by atoms with Gasteiger partial charge < -0.3 is 15.5 Å². The van der Waals surface area contributed by atoms with Crippen molar-refractivity contribution in [3.8, 4) is 0 Å². The summed E-state index contributed by atoms with van der Waals surface area (Å²) in [5.41, 5.74) is 5.88. The predicted octanol–water partition coefficient (Wildman–Crippen LogP) is -0.530. The lowest BCUT2D eigenvalue weighted by atomic mass is 9.98.